The van der Waals surface area contributed by atoms with E-state index in [4.69, 9.17) is 0 Å². The van der Waals surface area contributed by atoms with Crippen LogP contribution in [-0.2, 0) is 10.0 Å². The van der Waals surface area contributed by atoms with Gasteiger partial charge in [0.2, 0.25) is 0 Å². The number of piperazine rings is 1. The van der Waals surface area contributed by atoms with Crippen LogP contribution in [0.1, 0.15) is 12.0 Å². The summed E-state index contributed by atoms with van der Waals surface area (Å²) in [5.74, 6) is 0. The summed E-state index contributed by atoms with van der Waals surface area (Å²) in [4.78, 5) is 2.14. The van der Waals surface area contributed by atoms with Crippen molar-refractivity contribution in [2.75, 3.05) is 31.1 Å². The van der Waals surface area contributed by atoms with Crippen LogP contribution in [-0.4, -0.2) is 38.6 Å². The van der Waals surface area contributed by atoms with Crippen molar-refractivity contribution in [1.29, 1.82) is 0 Å². The van der Waals surface area contributed by atoms with Crippen LogP contribution in [0.4, 0.5) is 14.5 Å². The molecule has 4 rings (SSSR count). The number of nitrogens with one attached hydrogen (secondary N) is 1. The first kappa shape index (κ1) is 19.4. The smallest absolute Gasteiger partial charge is 0.268 e. The van der Waals surface area contributed by atoms with Crippen molar-refractivity contribution in [1.82, 2.24) is 9.29 Å². The molecule has 0 atom stereocenters. The highest BCUT2D eigenvalue weighted by Crippen LogP contribution is 2.35. The lowest BCUT2D eigenvalue weighted by Gasteiger charge is -2.29. The van der Waals surface area contributed by atoms with E-state index in [9.17, 15) is 17.2 Å². The molecule has 0 radical (unpaired) electrons. The molecule has 2 heterocycles. The number of fused-ring (bicyclic) bond motifs is 1. The molecular formula is C19H18BrF2N3O2S. The maximum Gasteiger partial charge on any atom is 0.268 e. The number of anilines is 1. The van der Waals surface area contributed by atoms with Crippen molar-refractivity contribution in [2.45, 2.75) is 11.3 Å². The Bertz CT molecular complexity index is 1130. The van der Waals surface area contributed by atoms with Gasteiger partial charge in [-0.15, -0.1) is 0 Å². The highest BCUT2D eigenvalue weighted by atomic mass is 79.9. The summed E-state index contributed by atoms with van der Waals surface area (Å²) in [5, 5.41) is 3.50. The Morgan fingerprint density at radius 1 is 1.07 bits per heavy atom. The molecule has 1 aliphatic heterocycles. The summed E-state index contributed by atoms with van der Waals surface area (Å²) in [7, 11) is -4.01. The lowest BCUT2D eigenvalue weighted by molar-refractivity contribution is 0.153. The molecule has 5 nitrogen and oxygen atoms in total. The average Bonchev–Trinajstić information content (AvgIpc) is 3.08. The van der Waals surface area contributed by atoms with Gasteiger partial charge in [-0.1, -0.05) is 22.0 Å². The first-order chi connectivity index (χ1) is 13.4. The fraction of sp³-hybridized carbons (Fsp3) is 0.263. The molecule has 1 fully saturated rings. The fourth-order valence-electron chi connectivity index (χ4n) is 3.45. The molecule has 1 N–H and O–H groups in total. The van der Waals surface area contributed by atoms with Gasteiger partial charge >= 0.3 is 0 Å². The zero-order chi connectivity index (χ0) is 19.9. The van der Waals surface area contributed by atoms with Crippen molar-refractivity contribution >= 4 is 42.5 Å². The zero-order valence-corrected chi connectivity index (χ0v) is 17.2. The SMILES string of the molecule is O=S(=O)(c1cccc(Br)c1)n1cc(C(F)F)c2cc(N3CCNCC3)ccc21. The molecule has 0 unspecified atom stereocenters. The second-order valence-electron chi connectivity index (χ2n) is 6.58. The summed E-state index contributed by atoms with van der Waals surface area (Å²) < 4.78 is 55.2. The molecule has 1 aromatic heterocycles. The van der Waals surface area contributed by atoms with Crippen LogP contribution in [0.25, 0.3) is 10.9 Å². The summed E-state index contributed by atoms with van der Waals surface area (Å²) in [6.07, 6.45) is -1.74. The monoisotopic (exact) mass is 469 g/mol. The summed E-state index contributed by atoms with van der Waals surface area (Å²) >= 11 is 3.25. The Balaban J connectivity index is 1.88. The molecule has 0 bridgehead atoms. The van der Waals surface area contributed by atoms with Crippen molar-refractivity contribution in [3.05, 3.63) is 58.7 Å². The Hall–Kier alpha value is -1.97. The highest BCUT2D eigenvalue weighted by Gasteiger charge is 2.25. The number of hydrogen-bond acceptors (Lipinski definition) is 4. The molecule has 28 heavy (non-hydrogen) atoms. The van der Waals surface area contributed by atoms with Gasteiger partial charge in [0, 0.05) is 53.5 Å². The van der Waals surface area contributed by atoms with Gasteiger partial charge in [0.25, 0.3) is 16.4 Å². The summed E-state index contributed by atoms with van der Waals surface area (Å²) in [6.45, 7) is 3.18. The fourth-order valence-corrected chi connectivity index (χ4v) is 5.42. The lowest BCUT2D eigenvalue weighted by atomic mass is 10.1. The molecule has 0 aliphatic carbocycles. The predicted molar refractivity (Wildman–Crippen MR) is 109 cm³/mol. The molecule has 148 valence electrons. The predicted octanol–water partition coefficient (Wildman–Crippen LogP) is 3.99. The zero-order valence-electron chi connectivity index (χ0n) is 14.8. The van der Waals surface area contributed by atoms with E-state index < -0.39 is 16.4 Å². The molecule has 0 spiro atoms. The number of rotatable bonds is 4. The third-order valence-electron chi connectivity index (χ3n) is 4.86. The third-order valence-corrected chi connectivity index (χ3v) is 7.02. The van der Waals surface area contributed by atoms with E-state index in [1.807, 2.05) is 0 Å². The molecule has 9 heteroatoms. The molecule has 0 saturated carbocycles. The molecule has 0 amide bonds. The maximum absolute atomic E-state index is 13.7. The van der Waals surface area contributed by atoms with Crippen LogP contribution in [0.15, 0.2) is 58.0 Å². The topological polar surface area (TPSA) is 54.3 Å². The Morgan fingerprint density at radius 3 is 2.50 bits per heavy atom. The van der Waals surface area contributed by atoms with Gasteiger partial charge in [-0.3, -0.25) is 0 Å². The largest absolute Gasteiger partial charge is 0.369 e. The number of benzene rings is 2. The van der Waals surface area contributed by atoms with Crippen LogP contribution in [0.3, 0.4) is 0 Å². The molecular weight excluding hydrogens is 452 g/mol. The number of alkyl halides is 2. The minimum Gasteiger partial charge on any atom is -0.369 e. The van der Waals surface area contributed by atoms with Crippen LogP contribution in [0.5, 0.6) is 0 Å². The van der Waals surface area contributed by atoms with Crippen LogP contribution in [0.2, 0.25) is 0 Å². The van der Waals surface area contributed by atoms with Crippen LogP contribution < -0.4 is 10.2 Å². The first-order valence-electron chi connectivity index (χ1n) is 8.78. The van der Waals surface area contributed by atoms with E-state index in [0.717, 1.165) is 42.0 Å². The molecule has 1 saturated heterocycles. The molecule has 1 aliphatic rings. The highest BCUT2D eigenvalue weighted by molar-refractivity contribution is 9.10. The van der Waals surface area contributed by atoms with E-state index >= 15 is 0 Å². The minimum atomic E-state index is -4.01. The quantitative estimate of drug-likeness (QED) is 0.627. The van der Waals surface area contributed by atoms with Crippen molar-refractivity contribution < 1.29 is 17.2 Å². The summed E-state index contributed by atoms with van der Waals surface area (Å²) in [5.41, 5.74) is 0.771. The number of aromatic nitrogens is 1. The minimum absolute atomic E-state index is 0.0331. The van der Waals surface area contributed by atoms with E-state index in [0.29, 0.717) is 4.47 Å². The molecule has 2 aromatic carbocycles. The van der Waals surface area contributed by atoms with E-state index in [1.54, 1.807) is 30.3 Å². The van der Waals surface area contributed by atoms with Gasteiger partial charge in [-0.2, -0.15) is 0 Å². The van der Waals surface area contributed by atoms with Crippen LogP contribution >= 0.6 is 15.9 Å². The van der Waals surface area contributed by atoms with E-state index in [1.165, 1.54) is 12.1 Å². The third kappa shape index (κ3) is 3.42. The van der Waals surface area contributed by atoms with Gasteiger partial charge in [-0.25, -0.2) is 21.2 Å². The van der Waals surface area contributed by atoms with E-state index in [-0.39, 0.29) is 21.4 Å². The second-order valence-corrected chi connectivity index (χ2v) is 9.31. The number of halogens is 3. The van der Waals surface area contributed by atoms with Crippen LogP contribution in [0, 0.1) is 0 Å². The number of nitrogens with zero attached hydrogens (tertiary/aromatic N) is 2. The average molecular weight is 470 g/mol. The Labute approximate surface area is 170 Å². The Kier molecular flexibility index (Phi) is 5.15. The summed E-state index contributed by atoms with van der Waals surface area (Å²) in [6, 6.07) is 11.3. The van der Waals surface area contributed by atoms with Gasteiger partial charge < -0.3 is 10.2 Å². The second kappa shape index (κ2) is 7.46. The van der Waals surface area contributed by atoms with Crippen molar-refractivity contribution in [3.63, 3.8) is 0 Å². The Morgan fingerprint density at radius 2 is 1.82 bits per heavy atom. The van der Waals surface area contributed by atoms with E-state index in [2.05, 4.69) is 26.1 Å². The van der Waals surface area contributed by atoms with Gasteiger partial charge in [-0.05, 0) is 36.4 Å². The van der Waals surface area contributed by atoms with Gasteiger partial charge in [0.15, 0.2) is 0 Å². The van der Waals surface area contributed by atoms with Crippen molar-refractivity contribution in [3.8, 4) is 0 Å². The maximum atomic E-state index is 13.7. The molecule has 3 aromatic rings. The van der Waals surface area contributed by atoms with Crippen molar-refractivity contribution in [2.24, 2.45) is 0 Å². The normalized spacial score (nSPS) is 15.5. The van der Waals surface area contributed by atoms with Gasteiger partial charge in [0.05, 0.1) is 10.4 Å². The van der Waals surface area contributed by atoms with Gasteiger partial charge in [0.1, 0.15) is 0 Å². The first-order valence-corrected chi connectivity index (χ1v) is 11.0. The standard InChI is InChI=1S/C19H18BrF2N3O2S/c20-13-2-1-3-15(10-13)28(26,27)25-12-17(19(21)22)16-11-14(4-5-18(16)25)24-8-6-23-7-9-24/h1-5,10-12,19,23H,6-9H2. The lowest BCUT2D eigenvalue weighted by Crippen LogP contribution is -2.43. The number of hydrogen-bond donors (Lipinski definition) is 1.